The SMILES string of the molecule is CCc1cc(O)ccc1-c1ccc2c(-c3nc(CN4CCNCC4)n[nH]3)n[nH]c2c1.Cl. The summed E-state index contributed by atoms with van der Waals surface area (Å²) in [6.07, 6.45) is 0.851. The van der Waals surface area contributed by atoms with Gasteiger partial charge in [-0.2, -0.15) is 10.2 Å². The Labute approximate surface area is 186 Å². The Morgan fingerprint density at radius 3 is 2.68 bits per heavy atom. The predicted octanol–water partition coefficient (Wildman–Crippen LogP) is 3.11. The molecule has 0 unspecified atom stereocenters. The zero-order chi connectivity index (χ0) is 20.5. The van der Waals surface area contributed by atoms with E-state index >= 15 is 0 Å². The Balaban J connectivity index is 0.00000231. The highest BCUT2D eigenvalue weighted by atomic mass is 35.5. The van der Waals surface area contributed by atoms with Gasteiger partial charge in [0.2, 0.25) is 0 Å². The Bertz CT molecular complexity index is 1180. The van der Waals surface area contributed by atoms with Crippen LogP contribution < -0.4 is 5.32 Å². The van der Waals surface area contributed by atoms with Crippen LogP contribution in [-0.4, -0.2) is 61.6 Å². The van der Waals surface area contributed by atoms with Crippen molar-refractivity contribution in [3.8, 4) is 28.4 Å². The lowest BCUT2D eigenvalue weighted by Crippen LogP contribution is -2.43. The second-order valence-corrected chi connectivity index (χ2v) is 7.65. The van der Waals surface area contributed by atoms with Crippen molar-refractivity contribution in [3.63, 3.8) is 0 Å². The third kappa shape index (κ3) is 4.27. The molecule has 4 aromatic rings. The van der Waals surface area contributed by atoms with E-state index in [1.54, 1.807) is 6.07 Å². The number of hydrogen-bond donors (Lipinski definition) is 4. The number of fused-ring (bicyclic) bond motifs is 1. The largest absolute Gasteiger partial charge is 0.508 e. The summed E-state index contributed by atoms with van der Waals surface area (Å²) in [6.45, 7) is 6.86. The van der Waals surface area contributed by atoms with E-state index in [1.165, 1.54) is 0 Å². The molecule has 1 aliphatic heterocycles. The Morgan fingerprint density at radius 1 is 1.03 bits per heavy atom. The number of nitrogens with one attached hydrogen (secondary N) is 3. The summed E-state index contributed by atoms with van der Waals surface area (Å²) in [4.78, 5) is 7.02. The number of aromatic hydroxyl groups is 1. The number of H-pyrrole nitrogens is 2. The number of nitrogens with zero attached hydrogens (tertiary/aromatic N) is 4. The molecule has 1 saturated heterocycles. The number of benzene rings is 2. The van der Waals surface area contributed by atoms with Crippen LogP contribution in [0.25, 0.3) is 33.5 Å². The van der Waals surface area contributed by atoms with Gasteiger partial charge in [0.05, 0.1) is 12.1 Å². The van der Waals surface area contributed by atoms with E-state index in [0.29, 0.717) is 11.6 Å². The molecular formula is C22H26ClN7O. The van der Waals surface area contributed by atoms with Crippen molar-refractivity contribution in [2.45, 2.75) is 19.9 Å². The normalized spacial score (nSPS) is 14.6. The van der Waals surface area contributed by atoms with Crippen molar-refractivity contribution in [1.29, 1.82) is 0 Å². The fourth-order valence-electron chi connectivity index (χ4n) is 4.06. The first-order valence-electron chi connectivity index (χ1n) is 10.4. The molecule has 0 saturated carbocycles. The fourth-order valence-corrected chi connectivity index (χ4v) is 4.06. The van der Waals surface area contributed by atoms with Gasteiger partial charge in [-0.1, -0.05) is 19.1 Å². The van der Waals surface area contributed by atoms with Gasteiger partial charge in [0.15, 0.2) is 11.6 Å². The molecule has 4 N–H and O–H groups in total. The predicted molar refractivity (Wildman–Crippen MR) is 123 cm³/mol. The van der Waals surface area contributed by atoms with Gasteiger partial charge in [0, 0.05) is 31.6 Å². The van der Waals surface area contributed by atoms with Crippen LogP contribution in [0, 0.1) is 0 Å². The molecule has 0 atom stereocenters. The summed E-state index contributed by atoms with van der Waals surface area (Å²) in [7, 11) is 0. The Kier molecular flexibility index (Phi) is 6.22. The maximum atomic E-state index is 9.78. The van der Waals surface area contributed by atoms with Gasteiger partial charge in [-0.25, -0.2) is 4.98 Å². The maximum absolute atomic E-state index is 9.78. The molecule has 1 fully saturated rings. The van der Waals surface area contributed by atoms with E-state index in [1.807, 2.05) is 12.1 Å². The summed E-state index contributed by atoms with van der Waals surface area (Å²) in [5, 5.41) is 29.2. The average molecular weight is 440 g/mol. The van der Waals surface area contributed by atoms with Crippen LogP contribution >= 0.6 is 12.4 Å². The van der Waals surface area contributed by atoms with E-state index in [4.69, 9.17) is 0 Å². The van der Waals surface area contributed by atoms with E-state index in [-0.39, 0.29) is 12.4 Å². The second-order valence-electron chi connectivity index (χ2n) is 7.65. The molecule has 2 aromatic heterocycles. The number of aromatic amines is 2. The third-order valence-corrected chi connectivity index (χ3v) is 5.67. The number of phenolic OH excluding ortho intramolecular Hbond substituents is 1. The summed E-state index contributed by atoms with van der Waals surface area (Å²) in [5.74, 6) is 1.76. The fraction of sp³-hybridized carbons (Fsp3) is 0.318. The van der Waals surface area contributed by atoms with Gasteiger partial charge in [-0.05, 0) is 47.4 Å². The average Bonchev–Trinajstić information content (AvgIpc) is 3.40. The van der Waals surface area contributed by atoms with Crippen LogP contribution in [0.1, 0.15) is 18.3 Å². The van der Waals surface area contributed by atoms with Crippen molar-refractivity contribution >= 4 is 23.3 Å². The first kappa shape index (κ1) is 21.3. The highest BCUT2D eigenvalue weighted by molar-refractivity contribution is 5.94. The number of aromatic nitrogens is 5. The number of rotatable bonds is 5. The summed E-state index contributed by atoms with van der Waals surface area (Å²) in [6, 6.07) is 11.8. The molecule has 8 nitrogen and oxygen atoms in total. The minimum atomic E-state index is 0. The van der Waals surface area contributed by atoms with Crippen LogP contribution in [0.4, 0.5) is 0 Å². The summed E-state index contributed by atoms with van der Waals surface area (Å²) >= 11 is 0. The standard InChI is InChI=1S/C22H25N7O.ClH/c1-2-14-11-16(30)4-6-17(14)15-3-5-18-19(12-15)25-27-21(18)22-24-20(26-28-22)13-29-9-7-23-8-10-29;/h3-6,11-12,23,30H,2,7-10,13H2,1H3,(H,25,27)(H,24,26,28);1H. The first-order valence-corrected chi connectivity index (χ1v) is 10.4. The van der Waals surface area contributed by atoms with Gasteiger partial charge in [0.1, 0.15) is 11.4 Å². The highest BCUT2D eigenvalue weighted by Crippen LogP contribution is 2.32. The molecule has 2 aromatic carbocycles. The van der Waals surface area contributed by atoms with Gasteiger partial charge < -0.3 is 10.4 Å². The molecular weight excluding hydrogens is 414 g/mol. The molecule has 0 bridgehead atoms. The van der Waals surface area contributed by atoms with Crippen molar-refractivity contribution in [3.05, 3.63) is 47.8 Å². The van der Waals surface area contributed by atoms with Crippen LogP contribution in [-0.2, 0) is 13.0 Å². The molecule has 0 aliphatic carbocycles. The minimum Gasteiger partial charge on any atom is -0.508 e. The Hall–Kier alpha value is -2.94. The number of hydrogen-bond acceptors (Lipinski definition) is 6. The van der Waals surface area contributed by atoms with E-state index in [0.717, 1.165) is 78.3 Å². The lowest BCUT2D eigenvalue weighted by atomic mass is 9.97. The summed E-state index contributed by atoms with van der Waals surface area (Å²) in [5.41, 5.74) is 5.04. The van der Waals surface area contributed by atoms with Gasteiger partial charge in [0.25, 0.3) is 0 Å². The minimum absolute atomic E-state index is 0. The zero-order valence-electron chi connectivity index (χ0n) is 17.4. The molecule has 162 valence electrons. The molecule has 3 heterocycles. The second kappa shape index (κ2) is 9.05. The van der Waals surface area contributed by atoms with Crippen LogP contribution in [0.5, 0.6) is 5.75 Å². The monoisotopic (exact) mass is 439 g/mol. The molecule has 1 aliphatic rings. The topological polar surface area (TPSA) is 106 Å². The molecule has 0 radical (unpaired) electrons. The van der Waals surface area contributed by atoms with E-state index in [9.17, 15) is 5.11 Å². The Morgan fingerprint density at radius 2 is 1.87 bits per heavy atom. The van der Waals surface area contributed by atoms with Crippen molar-refractivity contribution in [2.75, 3.05) is 26.2 Å². The van der Waals surface area contributed by atoms with Gasteiger partial charge in [-0.15, -0.1) is 12.4 Å². The highest BCUT2D eigenvalue weighted by Gasteiger charge is 2.17. The number of halogens is 1. The lowest BCUT2D eigenvalue weighted by Gasteiger charge is -2.25. The smallest absolute Gasteiger partial charge is 0.177 e. The maximum Gasteiger partial charge on any atom is 0.177 e. The molecule has 5 rings (SSSR count). The molecule has 0 spiro atoms. The van der Waals surface area contributed by atoms with Gasteiger partial charge >= 0.3 is 0 Å². The molecule has 31 heavy (non-hydrogen) atoms. The quantitative estimate of drug-likeness (QED) is 0.381. The van der Waals surface area contributed by atoms with Crippen LogP contribution in [0.2, 0.25) is 0 Å². The number of aryl methyl sites for hydroxylation is 1. The molecule has 9 heteroatoms. The third-order valence-electron chi connectivity index (χ3n) is 5.67. The van der Waals surface area contributed by atoms with Crippen molar-refractivity contribution in [2.24, 2.45) is 0 Å². The number of phenols is 1. The summed E-state index contributed by atoms with van der Waals surface area (Å²) < 4.78 is 0. The first-order chi connectivity index (χ1) is 14.7. The zero-order valence-corrected chi connectivity index (χ0v) is 18.2. The number of piperazine rings is 1. The van der Waals surface area contributed by atoms with Crippen molar-refractivity contribution in [1.82, 2.24) is 35.6 Å². The molecule has 0 amide bonds. The van der Waals surface area contributed by atoms with E-state index in [2.05, 4.69) is 60.7 Å². The van der Waals surface area contributed by atoms with Crippen LogP contribution in [0.15, 0.2) is 36.4 Å². The lowest BCUT2D eigenvalue weighted by molar-refractivity contribution is 0.228. The van der Waals surface area contributed by atoms with E-state index < -0.39 is 0 Å². The van der Waals surface area contributed by atoms with Crippen LogP contribution in [0.3, 0.4) is 0 Å². The van der Waals surface area contributed by atoms with Crippen molar-refractivity contribution < 1.29 is 5.11 Å². The van der Waals surface area contributed by atoms with Gasteiger partial charge in [-0.3, -0.25) is 15.1 Å².